The first kappa shape index (κ1) is 18.1. The lowest BCUT2D eigenvalue weighted by molar-refractivity contribution is -0.114. The molecule has 132 valence electrons. The molecule has 2 aromatic rings. The van der Waals surface area contributed by atoms with Crippen molar-refractivity contribution in [1.29, 1.82) is 5.26 Å². The van der Waals surface area contributed by atoms with E-state index in [9.17, 15) is 13.2 Å². The first-order valence-corrected chi connectivity index (χ1v) is 9.82. The van der Waals surface area contributed by atoms with Crippen LogP contribution in [0.4, 0.5) is 5.69 Å². The van der Waals surface area contributed by atoms with Crippen LogP contribution >= 0.6 is 15.9 Å². The third kappa shape index (κ3) is 3.76. The van der Waals surface area contributed by atoms with Gasteiger partial charge in [-0.1, -0.05) is 34.1 Å². The van der Waals surface area contributed by atoms with Crippen molar-refractivity contribution in [3.05, 3.63) is 58.1 Å². The molecule has 2 aromatic carbocycles. The Morgan fingerprint density at radius 1 is 1.27 bits per heavy atom. The van der Waals surface area contributed by atoms with Gasteiger partial charge in [0.15, 0.2) is 0 Å². The van der Waals surface area contributed by atoms with Crippen LogP contribution in [-0.4, -0.2) is 26.7 Å². The number of rotatable bonds is 4. The molecule has 0 bridgehead atoms. The highest BCUT2D eigenvalue weighted by atomic mass is 79.9. The van der Waals surface area contributed by atoms with Gasteiger partial charge >= 0.3 is 0 Å². The van der Waals surface area contributed by atoms with Crippen LogP contribution in [0.25, 0.3) is 0 Å². The molecule has 1 amide bonds. The number of benzene rings is 2. The number of amides is 1. The molecule has 1 aliphatic heterocycles. The van der Waals surface area contributed by atoms with Crippen molar-refractivity contribution in [3.63, 3.8) is 0 Å². The average Bonchev–Trinajstić information content (AvgIpc) is 2.62. The number of hydrogen-bond acceptors (Lipinski definition) is 5. The van der Waals surface area contributed by atoms with Gasteiger partial charge in [-0.3, -0.25) is 4.79 Å². The lowest BCUT2D eigenvalue weighted by atomic mass is 10.1. The summed E-state index contributed by atoms with van der Waals surface area (Å²) in [6.07, 6.45) is 0.443. The lowest BCUT2D eigenvalue weighted by Gasteiger charge is -2.18. The first-order valence-electron chi connectivity index (χ1n) is 7.58. The van der Waals surface area contributed by atoms with E-state index < -0.39 is 15.9 Å². The quantitative estimate of drug-likeness (QED) is 0.768. The van der Waals surface area contributed by atoms with Crippen LogP contribution < -0.4 is 10.6 Å². The van der Waals surface area contributed by atoms with E-state index in [1.807, 2.05) is 6.07 Å². The number of nitrogens with zero attached hydrogens (tertiary/aromatic N) is 2. The number of amidine groups is 1. The summed E-state index contributed by atoms with van der Waals surface area (Å²) in [6.45, 7) is 0.242. The Hall–Kier alpha value is -2.70. The Balaban J connectivity index is 1.71. The van der Waals surface area contributed by atoms with Gasteiger partial charge in [0.1, 0.15) is 4.90 Å². The minimum absolute atomic E-state index is 0.00590. The number of nitriles is 1. The van der Waals surface area contributed by atoms with Gasteiger partial charge in [0.05, 0.1) is 17.3 Å². The van der Waals surface area contributed by atoms with Gasteiger partial charge in [0.2, 0.25) is 5.84 Å². The number of carbonyl (C=O) groups is 1. The maximum atomic E-state index is 12.3. The van der Waals surface area contributed by atoms with Gasteiger partial charge in [0, 0.05) is 11.0 Å². The van der Waals surface area contributed by atoms with E-state index >= 15 is 0 Å². The molecule has 0 aromatic heterocycles. The summed E-state index contributed by atoms with van der Waals surface area (Å²) >= 11 is 3.21. The zero-order valence-corrected chi connectivity index (χ0v) is 15.8. The molecule has 7 nitrogen and oxygen atoms in total. The molecular formula is C17H13BrN4O3S. The molecule has 0 unspecified atom stereocenters. The Labute approximate surface area is 158 Å². The monoisotopic (exact) mass is 432 g/mol. The van der Waals surface area contributed by atoms with Gasteiger partial charge in [-0.15, -0.1) is 4.40 Å². The molecule has 1 heterocycles. The highest BCUT2D eigenvalue weighted by molar-refractivity contribution is 9.10. The second-order valence-electron chi connectivity index (χ2n) is 5.46. The molecule has 0 saturated heterocycles. The minimum atomic E-state index is -3.96. The predicted octanol–water partition coefficient (Wildman–Crippen LogP) is 2.19. The minimum Gasteiger partial charge on any atom is -0.349 e. The first-order chi connectivity index (χ1) is 12.4. The summed E-state index contributed by atoms with van der Waals surface area (Å²) in [7, 11) is -3.96. The van der Waals surface area contributed by atoms with Crippen molar-refractivity contribution in [3.8, 4) is 6.07 Å². The zero-order chi connectivity index (χ0) is 18.7. The molecule has 26 heavy (non-hydrogen) atoms. The smallest absolute Gasteiger partial charge is 0.287 e. The van der Waals surface area contributed by atoms with Crippen LogP contribution in [0.5, 0.6) is 0 Å². The summed E-state index contributed by atoms with van der Waals surface area (Å²) in [5, 5.41) is 14.4. The van der Waals surface area contributed by atoms with Gasteiger partial charge in [-0.2, -0.15) is 13.7 Å². The van der Waals surface area contributed by atoms with Crippen LogP contribution in [0.1, 0.15) is 11.1 Å². The normalized spacial score (nSPS) is 14.4. The number of carbonyl (C=O) groups excluding carboxylic acids is 1. The van der Waals surface area contributed by atoms with E-state index in [1.165, 1.54) is 6.07 Å². The summed E-state index contributed by atoms with van der Waals surface area (Å²) < 4.78 is 28.7. The van der Waals surface area contributed by atoms with Crippen LogP contribution in [0.15, 0.2) is 56.2 Å². The third-order valence-electron chi connectivity index (χ3n) is 3.72. The number of nitrogens with one attached hydrogen (secondary N) is 2. The lowest BCUT2D eigenvalue weighted by Crippen LogP contribution is -2.39. The Morgan fingerprint density at radius 3 is 2.81 bits per heavy atom. The molecular weight excluding hydrogens is 420 g/mol. The Kier molecular flexibility index (Phi) is 5.06. The molecule has 0 radical (unpaired) electrons. The number of hydrogen-bond donors (Lipinski definition) is 2. The second-order valence-corrected chi connectivity index (χ2v) is 7.94. The fraction of sp³-hybridized carbons (Fsp3) is 0.118. The maximum Gasteiger partial charge on any atom is 0.287 e. The van der Waals surface area contributed by atoms with Gasteiger partial charge < -0.3 is 10.6 Å². The van der Waals surface area contributed by atoms with E-state index in [0.717, 1.165) is 5.56 Å². The zero-order valence-electron chi connectivity index (χ0n) is 13.4. The molecule has 9 heteroatoms. The van der Waals surface area contributed by atoms with E-state index in [0.29, 0.717) is 22.1 Å². The summed E-state index contributed by atoms with van der Waals surface area (Å²) in [5.74, 6) is -0.912. The molecule has 3 rings (SSSR count). The number of anilines is 1. The van der Waals surface area contributed by atoms with Crippen molar-refractivity contribution in [1.82, 2.24) is 5.32 Å². The van der Waals surface area contributed by atoms with Crippen molar-refractivity contribution in [2.75, 3.05) is 11.9 Å². The second kappa shape index (κ2) is 7.27. The van der Waals surface area contributed by atoms with Crippen LogP contribution in [-0.2, 0) is 21.2 Å². The molecule has 0 spiro atoms. The topological polar surface area (TPSA) is 111 Å². The van der Waals surface area contributed by atoms with Gasteiger partial charge in [0.25, 0.3) is 15.9 Å². The number of fused-ring (bicyclic) bond motifs is 1. The fourth-order valence-corrected chi connectivity index (χ4v) is 4.13. The van der Waals surface area contributed by atoms with E-state index in [4.69, 9.17) is 5.26 Å². The van der Waals surface area contributed by atoms with Crippen molar-refractivity contribution in [2.24, 2.45) is 4.40 Å². The highest BCUT2D eigenvalue weighted by Crippen LogP contribution is 2.29. The van der Waals surface area contributed by atoms with Crippen LogP contribution in [0.2, 0.25) is 0 Å². The summed E-state index contributed by atoms with van der Waals surface area (Å²) in [6, 6.07) is 13.8. The van der Waals surface area contributed by atoms with Crippen LogP contribution in [0.3, 0.4) is 0 Å². The van der Waals surface area contributed by atoms with Gasteiger partial charge in [-0.05, 0) is 36.2 Å². The summed E-state index contributed by atoms with van der Waals surface area (Å²) in [5.41, 5.74) is 1.64. The Bertz CT molecular complexity index is 1060. The Morgan fingerprint density at radius 2 is 2.04 bits per heavy atom. The fourth-order valence-electron chi connectivity index (χ4n) is 2.47. The average molecular weight is 433 g/mol. The van der Waals surface area contributed by atoms with Crippen LogP contribution in [0, 0.1) is 11.3 Å². The number of halogens is 1. The van der Waals surface area contributed by atoms with E-state index in [1.54, 1.807) is 30.3 Å². The SMILES string of the molecule is N#Cc1ccccc1CCNC(=O)C1=NS(=O)(=O)c2cc(Br)ccc2N1. The molecule has 2 N–H and O–H groups in total. The largest absolute Gasteiger partial charge is 0.349 e. The highest BCUT2D eigenvalue weighted by Gasteiger charge is 2.28. The maximum absolute atomic E-state index is 12.3. The van der Waals surface area contributed by atoms with E-state index in [2.05, 4.69) is 37.0 Å². The molecule has 0 saturated carbocycles. The van der Waals surface area contributed by atoms with Crippen molar-refractivity contribution < 1.29 is 13.2 Å². The standard InChI is InChI=1S/C17H13BrN4O3S/c18-13-5-6-14-15(9-13)26(24,25)22-16(21-14)17(23)20-8-7-11-3-1-2-4-12(11)10-19/h1-6,9H,7-8H2,(H,20,23)(H,21,22). The number of sulfonamides is 1. The molecule has 0 atom stereocenters. The molecule has 1 aliphatic rings. The molecule has 0 fully saturated rings. The van der Waals surface area contributed by atoms with Crippen molar-refractivity contribution in [2.45, 2.75) is 11.3 Å². The van der Waals surface area contributed by atoms with Crippen molar-refractivity contribution >= 4 is 43.4 Å². The van der Waals surface area contributed by atoms with E-state index in [-0.39, 0.29) is 17.3 Å². The predicted molar refractivity (Wildman–Crippen MR) is 100 cm³/mol. The van der Waals surface area contributed by atoms with Gasteiger partial charge in [-0.25, -0.2) is 0 Å². The molecule has 0 aliphatic carbocycles. The summed E-state index contributed by atoms with van der Waals surface area (Å²) in [4.78, 5) is 12.3. The third-order valence-corrected chi connectivity index (χ3v) is 5.53.